The van der Waals surface area contributed by atoms with Gasteiger partial charge in [0.05, 0.1) is 22.6 Å². The molecule has 1 amide bonds. The fourth-order valence-electron chi connectivity index (χ4n) is 8.11. The molecule has 2 fully saturated rings. The van der Waals surface area contributed by atoms with Gasteiger partial charge in [0.25, 0.3) is 0 Å². The Kier molecular flexibility index (Phi) is 6.85. The van der Waals surface area contributed by atoms with Crippen molar-refractivity contribution in [3.05, 3.63) is 83.4 Å². The third-order valence-electron chi connectivity index (χ3n) is 9.71. The summed E-state index contributed by atoms with van der Waals surface area (Å²) in [6, 6.07) is 10.6. The largest absolute Gasteiger partial charge is 0.487 e. The average molecular weight is 567 g/mol. The molecule has 0 unspecified atom stereocenters. The standard InChI is InChI=1S/C33H37F3N2O3/c1-4-17-37-18-16-31-29-23-6-5-7-26(29)41-30(31)25(14-15-32(31,40)27(37)19-23)38(20-21(2)3)28(39)13-10-22-8-11-24(12-9-22)33(34,35)36/h4-13,21,25,27,30,40H,1,14-20H2,2-3H3/t25-,27-,30+,31+,32-/m1/s1. The number of hydrogen-bond donors (Lipinski definition) is 1. The van der Waals surface area contributed by atoms with Crippen molar-refractivity contribution < 1.29 is 27.8 Å². The number of carbonyl (C=O) groups excluding carboxylic acids is 1. The summed E-state index contributed by atoms with van der Waals surface area (Å²) in [5.41, 5.74) is 0.513. The quantitative estimate of drug-likeness (QED) is 0.350. The molecule has 6 rings (SSSR count). The van der Waals surface area contributed by atoms with Gasteiger partial charge in [0.1, 0.15) is 11.9 Å². The zero-order valence-corrected chi connectivity index (χ0v) is 23.5. The first-order valence-corrected chi connectivity index (χ1v) is 14.5. The first kappa shape index (κ1) is 28.0. The summed E-state index contributed by atoms with van der Waals surface area (Å²) in [7, 11) is 0. The first-order valence-electron chi connectivity index (χ1n) is 14.5. The van der Waals surface area contributed by atoms with Gasteiger partial charge in [-0.1, -0.05) is 44.2 Å². The lowest BCUT2D eigenvalue weighted by atomic mass is 9.48. The second-order valence-electron chi connectivity index (χ2n) is 12.4. The summed E-state index contributed by atoms with van der Waals surface area (Å²) < 4.78 is 45.7. The second-order valence-corrected chi connectivity index (χ2v) is 12.4. The van der Waals surface area contributed by atoms with Crippen molar-refractivity contribution >= 4 is 12.0 Å². The molecule has 41 heavy (non-hydrogen) atoms. The molecule has 5 nitrogen and oxygen atoms in total. The van der Waals surface area contributed by atoms with E-state index in [1.165, 1.54) is 23.8 Å². The Morgan fingerprint density at radius 2 is 1.98 bits per heavy atom. The molecular formula is C33H37F3N2O3. The lowest BCUT2D eigenvalue weighted by molar-refractivity contribution is -0.199. The highest BCUT2D eigenvalue weighted by atomic mass is 19.4. The van der Waals surface area contributed by atoms with Crippen LogP contribution in [0.25, 0.3) is 6.08 Å². The van der Waals surface area contributed by atoms with Gasteiger partial charge >= 0.3 is 6.18 Å². The Labute approximate surface area is 239 Å². The van der Waals surface area contributed by atoms with Gasteiger partial charge in [-0.2, -0.15) is 13.2 Å². The van der Waals surface area contributed by atoms with E-state index in [9.17, 15) is 23.1 Å². The van der Waals surface area contributed by atoms with E-state index in [4.69, 9.17) is 4.74 Å². The van der Waals surface area contributed by atoms with E-state index < -0.39 is 28.9 Å². The lowest BCUT2D eigenvalue weighted by Gasteiger charge is -2.64. The van der Waals surface area contributed by atoms with E-state index >= 15 is 0 Å². The first-order chi connectivity index (χ1) is 19.5. The number of hydrogen-bond acceptors (Lipinski definition) is 4. The number of piperidine rings is 1. The number of nitrogens with zero attached hydrogens (tertiary/aromatic N) is 2. The van der Waals surface area contributed by atoms with Gasteiger partial charge in [-0.15, -0.1) is 6.58 Å². The lowest BCUT2D eigenvalue weighted by Crippen LogP contribution is -2.78. The van der Waals surface area contributed by atoms with Crippen LogP contribution in [0.15, 0.2) is 61.2 Å². The SMILES string of the molecule is C=CCN1CC[C@]23c4c5cccc4O[C@H]2[C@H](N(CC(C)C)C(=O)C=Cc2ccc(C(F)(F)F)cc2)CC[C@@]3(O)[C@H]1C5. The summed E-state index contributed by atoms with van der Waals surface area (Å²) >= 11 is 0. The summed E-state index contributed by atoms with van der Waals surface area (Å²) in [4.78, 5) is 18.0. The Hall–Kier alpha value is -3.10. The zero-order chi connectivity index (χ0) is 29.2. The predicted octanol–water partition coefficient (Wildman–Crippen LogP) is 5.61. The molecule has 2 aromatic carbocycles. The number of amides is 1. The molecule has 218 valence electrons. The average Bonchev–Trinajstić information content (AvgIpc) is 3.27. The van der Waals surface area contributed by atoms with Gasteiger partial charge in [0.15, 0.2) is 0 Å². The molecule has 5 atom stereocenters. The van der Waals surface area contributed by atoms with Crippen LogP contribution in [0.5, 0.6) is 5.75 Å². The highest BCUT2D eigenvalue weighted by Crippen LogP contribution is 2.64. The molecule has 0 aromatic heterocycles. The number of halogens is 3. The van der Waals surface area contributed by atoms with Crippen LogP contribution >= 0.6 is 0 Å². The van der Waals surface area contributed by atoms with Crippen LogP contribution in [0.1, 0.15) is 55.4 Å². The van der Waals surface area contributed by atoms with Crippen LogP contribution in [0.3, 0.4) is 0 Å². The molecule has 4 aliphatic rings. The normalized spacial score (nSPS) is 30.3. The van der Waals surface area contributed by atoms with Crippen molar-refractivity contribution in [1.82, 2.24) is 9.80 Å². The Balaban J connectivity index is 1.35. The van der Waals surface area contributed by atoms with E-state index in [0.29, 0.717) is 31.5 Å². The third kappa shape index (κ3) is 4.33. The predicted molar refractivity (Wildman–Crippen MR) is 151 cm³/mol. The molecule has 1 saturated carbocycles. The van der Waals surface area contributed by atoms with E-state index in [1.807, 2.05) is 23.1 Å². The Morgan fingerprint density at radius 1 is 1.22 bits per heavy atom. The van der Waals surface area contributed by atoms with Crippen molar-refractivity contribution in [2.45, 2.75) is 74.9 Å². The van der Waals surface area contributed by atoms with E-state index in [0.717, 1.165) is 42.8 Å². The summed E-state index contributed by atoms with van der Waals surface area (Å²) in [5.74, 6) is 0.789. The van der Waals surface area contributed by atoms with Crippen LogP contribution in [-0.2, 0) is 22.8 Å². The summed E-state index contributed by atoms with van der Waals surface area (Å²) in [6.07, 6.45) is 2.73. The minimum atomic E-state index is -4.41. The van der Waals surface area contributed by atoms with Gasteiger partial charge in [0.2, 0.25) is 5.91 Å². The van der Waals surface area contributed by atoms with Crippen LogP contribution < -0.4 is 4.74 Å². The highest BCUT2D eigenvalue weighted by molar-refractivity contribution is 5.92. The van der Waals surface area contributed by atoms with Crippen LogP contribution in [0.2, 0.25) is 0 Å². The van der Waals surface area contributed by atoms with Gasteiger partial charge in [0, 0.05) is 30.8 Å². The monoisotopic (exact) mass is 566 g/mol. The number of carbonyl (C=O) groups is 1. The number of ether oxygens (including phenoxy) is 1. The Morgan fingerprint density at radius 3 is 2.66 bits per heavy atom. The molecule has 0 radical (unpaired) electrons. The van der Waals surface area contributed by atoms with E-state index in [-0.39, 0.29) is 23.9 Å². The van der Waals surface area contributed by atoms with Crippen molar-refractivity contribution in [1.29, 1.82) is 0 Å². The maximum atomic E-state index is 13.8. The minimum absolute atomic E-state index is 0.0593. The van der Waals surface area contributed by atoms with Crippen LogP contribution in [-0.4, -0.2) is 64.2 Å². The van der Waals surface area contributed by atoms with Gasteiger partial charge in [-0.3, -0.25) is 9.69 Å². The number of likely N-dealkylation sites (tertiary alicyclic amines) is 1. The molecule has 2 bridgehead atoms. The number of rotatable bonds is 7. The maximum absolute atomic E-state index is 13.8. The highest BCUT2D eigenvalue weighted by Gasteiger charge is 2.73. The molecule has 2 aliphatic carbocycles. The molecule has 1 saturated heterocycles. The van der Waals surface area contributed by atoms with E-state index in [1.54, 1.807) is 6.08 Å². The number of alkyl halides is 3. The smallest absolute Gasteiger partial charge is 0.416 e. The summed E-state index contributed by atoms with van der Waals surface area (Å²) in [6.45, 7) is 10.1. The van der Waals surface area contributed by atoms with E-state index in [2.05, 4.69) is 31.4 Å². The van der Waals surface area contributed by atoms with Gasteiger partial charge < -0.3 is 14.7 Å². The van der Waals surface area contributed by atoms with Gasteiger partial charge in [-0.25, -0.2) is 0 Å². The maximum Gasteiger partial charge on any atom is 0.416 e. The molecule has 1 N–H and O–H groups in total. The molecule has 2 heterocycles. The van der Waals surface area contributed by atoms with Gasteiger partial charge in [-0.05, 0) is 73.5 Å². The molecule has 2 aromatic rings. The zero-order valence-electron chi connectivity index (χ0n) is 23.5. The minimum Gasteiger partial charge on any atom is -0.487 e. The fourth-order valence-corrected chi connectivity index (χ4v) is 8.11. The molecule has 1 spiro atoms. The molecule has 2 aliphatic heterocycles. The third-order valence-corrected chi connectivity index (χ3v) is 9.71. The molecular weight excluding hydrogens is 529 g/mol. The number of benzene rings is 2. The Bertz CT molecular complexity index is 1370. The second kappa shape index (κ2) is 10.0. The number of aliphatic hydroxyl groups is 1. The van der Waals surface area contributed by atoms with Crippen molar-refractivity contribution in [3.63, 3.8) is 0 Å². The van der Waals surface area contributed by atoms with Crippen molar-refractivity contribution in [3.8, 4) is 5.75 Å². The van der Waals surface area contributed by atoms with Crippen LogP contribution in [0.4, 0.5) is 13.2 Å². The summed E-state index contributed by atoms with van der Waals surface area (Å²) in [5, 5.41) is 12.6. The molecule has 8 heteroatoms. The van der Waals surface area contributed by atoms with Crippen molar-refractivity contribution in [2.24, 2.45) is 5.92 Å². The van der Waals surface area contributed by atoms with Crippen molar-refractivity contribution in [2.75, 3.05) is 19.6 Å². The fraction of sp³-hybridized carbons (Fsp3) is 0.485. The van der Waals surface area contributed by atoms with Crippen LogP contribution in [0, 0.1) is 5.92 Å². The topological polar surface area (TPSA) is 53.0 Å².